The molecule has 0 bridgehead atoms. The Balaban J connectivity index is 1.80. The van der Waals surface area contributed by atoms with Crippen LogP contribution in [0.5, 0.6) is 0 Å². The molecule has 0 aromatic heterocycles. The van der Waals surface area contributed by atoms with Gasteiger partial charge in [-0.15, -0.1) is 0 Å². The van der Waals surface area contributed by atoms with E-state index in [1.165, 1.54) is 16.4 Å². The van der Waals surface area contributed by atoms with Gasteiger partial charge < -0.3 is 5.32 Å². The number of nitrogens with zero attached hydrogens (tertiary/aromatic N) is 1. The highest BCUT2D eigenvalue weighted by molar-refractivity contribution is 7.89. The minimum absolute atomic E-state index is 0.154. The van der Waals surface area contributed by atoms with Crippen LogP contribution in [0.3, 0.4) is 0 Å². The summed E-state index contributed by atoms with van der Waals surface area (Å²) in [5.74, 6) is -0.154. The van der Waals surface area contributed by atoms with Gasteiger partial charge in [0, 0.05) is 17.6 Å². The number of piperidine rings is 1. The van der Waals surface area contributed by atoms with E-state index in [4.69, 9.17) is 11.6 Å². The Hall–Kier alpha value is -1.11. The molecule has 1 heterocycles. The van der Waals surface area contributed by atoms with Crippen molar-refractivity contribution in [1.82, 2.24) is 9.62 Å². The number of carbonyl (C=O) groups excluding carboxylic acids is 1. The highest BCUT2D eigenvalue weighted by atomic mass is 35.5. The van der Waals surface area contributed by atoms with E-state index in [1.54, 1.807) is 12.1 Å². The van der Waals surface area contributed by atoms with Gasteiger partial charge in [0.25, 0.3) is 0 Å². The SMILES string of the molecule is O=C(NC1CCCC1)[C@@H]1CCCCN1S(=O)(=O)c1ccc(Cl)cc1. The first-order valence-electron chi connectivity index (χ1n) is 8.56. The third-order valence-electron chi connectivity index (χ3n) is 4.88. The van der Waals surface area contributed by atoms with Crippen molar-refractivity contribution in [3.8, 4) is 0 Å². The van der Waals surface area contributed by atoms with Gasteiger partial charge in [0.2, 0.25) is 15.9 Å². The summed E-state index contributed by atoms with van der Waals surface area (Å²) < 4.78 is 27.3. The predicted octanol–water partition coefficient (Wildman–Crippen LogP) is 2.94. The molecule has 7 heteroatoms. The molecule has 0 unspecified atom stereocenters. The summed E-state index contributed by atoms with van der Waals surface area (Å²) in [6, 6.07) is 5.70. The largest absolute Gasteiger partial charge is 0.352 e. The molecule has 132 valence electrons. The molecule has 1 aromatic carbocycles. The molecule has 1 amide bonds. The third kappa shape index (κ3) is 3.76. The summed E-state index contributed by atoms with van der Waals surface area (Å²) in [6.45, 7) is 0.383. The molecule has 2 aliphatic rings. The maximum absolute atomic E-state index is 13.0. The Morgan fingerprint density at radius 2 is 1.67 bits per heavy atom. The van der Waals surface area contributed by atoms with Gasteiger partial charge in [0.1, 0.15) is 6.04 Å². The fourth-order valence-corrected chi connectivity index (χ4v) is 5.35. The van der Waals surface area contributed by atoms with Crippen molar-refractivity contribution in [3.63, 3.8) is 0 Å². The summed E-state index contributed by atoms with van der Waals surface area (Å²) in [7, 11) is -3.69. The van der Waals surface area contributed by atoms with Gasteiger partial charge in [-0.05, 0) is 49.9 Å². The predicted molar refractivity (Wildman–Crippen MR) is 93.4 cm³/mol. The van der Waals surface area contributed by atoms with Crippen LogP contribution in [0.15, 0.2) is 29.2 Å². The quantitative estimate of drug-likeness (QED) is 0.886. The Morgan fingerprint density at radius 3 is 2.33 bits per heavy atom. The van der Waals surface area contributed by atoms with Crippen molar-refractivity contribution < 1.29 is 13.2 Å². The van der Waals surface area contributed by atoms with Crippen LogP contribution in [0.1, 0.15) is 44.9 Å². The number of halogens is 1. The fraction of sp³-hybridized carbons (Fsp3) is 0.588. The fourth-order valence-electron chi connectivity index (χ4n) is 3.56. The zero-order chi connectivity index (χ0) is 17.2. The second kappa shape index (κ2) is 7.42. The first kappa shape index (κ1) is 17.7. The molecule has 1 saturated carbocycles. The molecule has 1 aromatic rings. The smallest absolute Gasteiger partial charge is 0.243 e. The van der Waals surface area contributed by atoms with E-state index in [9.17, 15) is 13.2 Å². The number of amides is 1. The lowest BCUT2D eigenvalue weighted by atomic mass is 10.0. The standard InChI is InChI=1S/C17H23ClN2O3S/c18-13-8-10-15(11-9-13)24(22,23)20-12-4-3-7-16(20)17(21)19-14-5-1-2-6-14/h8-11,14,16H,1-7,12H2,(H,19,21)/t16-/m0/s1. The van der Waals surface area contributed by atoms with Crippen LogP contribution in [-0.2, 0) is 14.8 Å². The first-order chi connectivity index (χ1) is 11.5. The molecule has 1 atom stereocenters. The lowest BCUT2D eigenvalue weighted by molar-refractivity contribution is -0.126. The topological polar surface area (TPSA) is 66.5 Å². The molecule has 1 aliphatic carbocycles. The number of rotatable bonds is 4. The summed E-state index contributed by atoms with van der Waals surface area (Å²) in [4.78, 5) is 12.8. The van der Waals surface area contributed by atoms with Crippen molar-refractivity contribution >= 4 is 27.5 Å². The van der Waals surface area contributed by atoms with Crippen LogP contribution in [0.2, 0.25) is 5.02 Å². The summed E-state index contributed by atoms with van der Waals surface area (Å²) in [5.41, 5.74) is 0. The van der Waals surface area contributed by atoms with Crippen molar-refractivity contribution in [3.05, 3.63) is 29.3 Å². The van der Waals surface area contributed by atoms with Gasteiger partial charge in [-0.25, -0.2) is 8.42 Å². The minimum Gasteiger partial charge on any atom is -0.352 e. The zero-order valence-corrected chi connectivity index (χ0v) is 15.2. The van der Waals surface area contributed by atoms with E-state index in [0.29, 0.717) is 18.0 Å². The maximum Gasteiger partial charge on any atom is 0.243 e. The molecular formula is C17H23ClN2O3S. The van der Waals surface area contributed by atoms with E-state index in [1.807, 2.05) is 0 Å². The molecule has 24 heavy (non-hydrogen) atoms. The average molecular weight is 371 g/mol. The summed E-state index contributed by atoms with van der Waals surface area (Å²) in [6.07, 6.45) is 6.45. The Morgan fingerprint density at radius 1 is 1.04 bits per heavy atom. The van der Waals surface area contributed by atoms with Crippen molar-refractivity contribution in [2.24, 2.45) is 0 Å². The van der Waals surface area contributed by atoms with Gasteiger partial charge >= 0.3 is 0 Å². The van der Waals surface area contributed by atoms with Gasteiger partial charge in [0.15, 0.2) is 0 Å². The van der Waals surface area contributed by atoms with Crippen LogP contribution in [-0.4, -0.2) is 37.3 Å². The van der Waals surface area contributed by atoms with E-state index in [2.05, 4.69) is 5.32 Å². The second-order valence-corrected chi connectivity index (χ2v) is 8.90. The van der Waals surface area contributed by atoms with E-state index < -0.39 is 16.1 Å². The Labute approximate surface area is 148 Å². The minimum atomic E-state index is -3.69. The lowest BCUT2D eigenvalue weighted by Gasteiger charge is -2.34. The van der Waals surface area contributed by atoms with Gasteiger partial charge in [-0.1, -0.05) is 30.9 Å². The maximum atomic E-state index is 13.0. The summed E-state index contributed by atoms with van der Waals surface area (Å²) in [5, 5.41) is 3.53. The van der Waals surface area contributed by atoms with Crippen molar-refractivity contribution in [2.75, 3.05) is 6.54 Å². The number of carbonyl (C=O) groups is 1. The number of hydrogen-bond acceptors (Lipinski definition) is 3. The summed E-state index contributed by atoms with van der Waals surface area (Å²) >= 11 is 5.85. The molecule has 1 N–H and O–H groups in total. The molecule has 1 aliphatic heterocycles. The Bertz CT molecular complexity index is 684. The molecule has 3 rings (SSSR count). The average Bonchev–Trinajstić information content (AvgIpc) is 3.08. The molecule has 2 fully saturated rings. The second-order valence-electron chi connectivity index (χ2n) is 6.57. The van der Waals surface area contributed by atoms with Crippen LogP contribution in [0.25, 0.3) is 0 Å². The monoisotopic (exact) mass is 370 g/mol. The van der Waals surface area contributed by atoms with Gasteiger partial charge in [-0.2, -0.15) is 4.31 Å². The number of nitrogens with one attached hydrogen (secondary N) is 1. The molecule has 5 nitrogen and oxygen atoms in total. The van der Waals surface area contributed by atoms with E-state index in [0.717, 1.165) is 38.5 Å². The van der Waals surface area contributed by atoms with Crippen LogP contribution in [0, 0.1) is 0 Å². The van der Waals surface area contributed by atoms with Crippen LogP contribution >= 0.6 is 11.6 Å². The van der Waals surface area contributed by atoms with Crippen LogP contribution < -0.4 is 5.32 Å². The first-order valence-corrected chi connectivity index (χ1v) is 10.4. The number of sulfonamides is 1. The normalized spacial score (nSPS) is 23.3. The third-order valence-corrected chi connectivity index (χ3v) is 7.05. The van der Waals surface area contributed by atoms with Gasteiger partial charge in [-0.3, -0.25) is 4.79 Å². The Kier molecular flexibility index (Phi) is 5.47. The van der Waals surface area contributed by atoms with Gasteiger partial charge in [0.05, 0.1) is 4.90 Å². The molecule has 0 spiro atoms. The number of benzene rings is 1. The number of hydrogen-bond donors (Lipinski definition) is 1. The van der Waals surface area contributed by atoms with Crippen LogP contribution in [0.4, 0.5) is 0 Å². The van der Waals surface area contributed by atoms with Crippen molar-refractivity contribution in [1.29, 1.82) is 0 Å². The van der Waals surface area contributed by atoms with E-state index in [-0.39, 0.29) is 16.8 Å². The lowest BCUT2D eigenvalue weighted by Crippen LogP contribution is -2.53. The highest BCUT2D eigenvalue weighted by Gasteiger charge is 2.38. The van der Waals surface area contributed by atoms with Crippen molar-refractivity contribution in [2.45, 2.75) is 61.9 Å². The zero-order valence-electron chi connectivity index (χ0n) is 13.6. The molecule has 1 saturated heterocycles. The molecule has 0 radical (unpaired) electrons. The highest BCUT2D eigenvalue weighted by Crippen LogP contribution is 2.27. The van der Waals surface area contributed by atoms with E-state index >= 15 is 0 Å². The molecular weight excluding hydrogens is 348 g/mol.